The fourth-order valence-corrected chi connectivity index (χ4v) is 4.53. The number of piperidine rings is 1. The number of hydrogen-bond donors (Lipinski definition) is 0. The minimum atomic E-state index is 0.0132. The number of likely N-dealkylation sites (tertiary alicyclic amines) is 1. The van der Waals surface area contributed by atoms with Gasteiger partial charge in [0.15, 0.2) is 5.78 Å². The largest absolute Gasteiger partial charge is 0.375 e. The third-order valence-corrected chi connectivity index (χ3v) is 6.21. The molecule has 1 aliphatic heterocycles. The molecular weight excluding hydrogens is 322 g/mol. The van der Waals surface area contributed by atoms with E-state index < -0.39 is 0 Å². The highest BCUT2D eigenvalue weighted by Crippen LogP contribution is 2.28. The van der Waals surface area contributed by atoms with Gasteiger partial charge in [-0.15, -0.1) is 11.3 Å². The van der Waals surface area contributed by atoms with Crippen molar-refractivity contribution >= 4 is 23.0 Å². The van der Waals surface area contributed by atoms with Gasteiger partial charge in [-0.3, -0.25) is 9.59 Å². The van der Waals surface area contributed by atoms with E-state index in [2.05, 4.69) is 6.92 Å². The maximum Gasteiger partial charge on any atom is 0.263 e. The van der Waals surface area contributed by atoms with Crippen molar-refractivity contribution in [2.24, 2.45) is 5.92 Å². The maximum atomic E-state index is 12.6. The highest BCUT2D eigenvalue weighted by molar-refractivity contribution is 7.12. The molecule has 1 aromatic heterocycles. The van der Waals surface area contributed by atoms with Crippen molar-refractivity contribution in [1.82, 2.24) is 4.90 Å². The molecule has 0 aromatic carbocycles. The summed E-state index contributed by atoms with van der Waals surface area (Å²) in [6.45, 7) is 5.35. The van der Waals surface area contributed by atoms with Crippen molar-refractivity contribution in [3.63, 3.8) is 0 Å². The number of rotatable bonds is 4. The molecule has 1 saturated heterocycles. The van der Waals surface area contributed by atoms with Crippen molar-refractivity contribution in [2.75, 3.05) is 13.1 Å². The van der Waals surface area contributed by atoms with Crippen molar-refractivity contribution < 1.29 is 14.3 Å². The lowest BCUT2D eigenvalue weighted by Crippen LogP contribution is -2.42. The van der Waals surface area contributed by atoms with Gasteiger partial charge in [0.2, 0.25) is 0 Å². The summed E-state index contributed by atoms with van der Waals surface area (Å²) in [5.74, 6) is 0.909. The Labute approximate surface area is 148 Å². The Bertz CT molecular complexity index is 581. The van der Waals surface area contributed by atoms with Crippen molar-refractivity contribution in [2.45, 2.75) is 64.6 Å². The fourth-order valence-electron chi connectivity index (χ4n) is 3.62. The summed E-state index contributed by atoms with van der Waals surface area (Å²) in [4.78, 5) is 26.5. The molecule has 3 rings (SSSR count). The van der Waals surface area contributed by atoms with Crippen LogP contribution in [0.2, 0.25) is 0 Å². The molecule has 0 bridgehead atoms. The van der Waals surface area contributed by atoms with Crippen LogP contribution >= 0.6 is 11.3 Å². The van der Waals surface area contributed by atoms with Crippen LogP contribution in [0, 0.1) is 5.92 Å². The van der Waals surface area contributed by atoms with Gasteiger partial charge < -0.3 is 9.64 Å². The highest BCUT2D eigenvalue weighted by Gasteiger charge is 2.28. The van der Waals surface area contributed by atoms with Gasteiger partial charge in [-0.25, -0.2) is 0 Å². The van der Waals surface area contributed by atoms with Gasteiger partial charge in [0.05, 0.1) is 17.1 Å². The molecule has 1 saturated carbocycles. The number of ketones is 1. The Hall–Kier alpha value is -1.20. The molecule has 132 valence electrons. The summed E-state index contributed by atoms with van der Waals surface area (Å²) in [5, 5.41) is 1.77. The molecule has 0 spiro atoms. The normalized spacial score (nSPS) is 25.7. The van der Waals surface area contributed by atoms with Gasteiger partial charge in [0.1, 0.15) is 0 Å². The van der Waals surface area contributed by atoms with Gasteiger partial charge in [-0.1, -0.05) is 6.92 Å². The Balaban J connectivity index is 1.47. The highest BCUT2D eigenvalue weighted by atomic mass is 32.1. The van der Waals surface area contributed by atoms with Crippen molar-refractivity contribution in [3.8, 4) is 0 Å². The van der Waals surface area contributed by atoms with Gasteiger partial charge in [0.25, 0.3) is 5.91 Å². The standard InChI is InChI=1S/C19H27NO3S/c1-13-3-5-16(6-4-13)23-17-7-9-20(10-8-17)19(22)18-11-15(12-24-18)14(2)21/h11-13,16-17H,3-10H2,1-2H3. The van der Waals surface area contributed by atoms with Crippen molar-refractivity contribution in [3.05, 3.63) is 21.9 Å². The minimum absolute atomic E-state index is 0.0132. The SMILES string of the molecule is CC(=O)c1csc(C(=O)N2CCC(OC3CCC(C)CC3)CC2)c1. The number of carbonyl (C=O) groups is 2. The first kappa shape index (κ1) is 17.6. The van der Waals surface area contributed by atoms with Crippen LogP contribution in [-0.2, 0) is 4.74 Å². The summed E-state index contributed by atoms with van der Waals surface area (Å²) >= 11 is 1.37. The predicted molar refractivity (Wildman–Crippen MR) is 95.8 cm³/mol. The first-order valence-electron chi connectivity index (χ1n) is 9.07. The van der Waals surface area contributed by atoms with Gasteiger partial charge in [0, 0.05) is 24.0 Å². The molecule has 0 N–H and O–H groups in total. The third-order valence-electron chi connectivity index (χ3n) is 5.29. The molecule has 24 heavy (non-hydrogen) atoms. The summed E-state index contributed by atoms with van der Waals surface area (Å²) < 4.78 is 6.27. The van der Waals surface area contributed by atoms with Crippen LogP contribution in [0.5, 0.6) is 0 Å². The second-order valence-corrected chi connectivity index (χ2v) is 8.18. The minimum Gasteiger partial charge on any atom is -0.375 e. The maximum absolute atomic E-state index is 12.6. The fraction of sp³-hybridized carbons (Fsp3) is 0.684. The zero-order valence-electron chi connectivity index (χ0n) is 14.6. The van der Waals surface area contributed by atoms with E-state index in [1.54, 1.807) is 11.4 Å². The molecule has 2 heterocycles. The molecule has 5 heteroatoms. The quantitative estimate of drug-likeness (QED) is 0.767. The average Bonchev–Trinajstić information content (AvgIpc) is 3.07. The van der Waals surface area contributed by atoms with Crippen LogP contribution in [0.15, 0.2) is 11.4 Å². The molecular formula is C19H27NO3S. The topological polar surface area (TPSA) is 46.6 Å². The van der Waals surface area contributed by atoms with E-state index in [0.29, 0.717) is 22.6 Å². The lowest BCUT2D eigenvalue weighted by Gasteiger charge is -2.35. The van der Waals surface area contributed by atoms with Gasteiger partial charge in [-0.2, -0.15) is 0 Å². The van der Waals surface area contributed by atoms with E-state index >= 15 is 0 Å². The Kier molecular flexibility index (Phi) is 5.72. The van der Waals surface area contributed by atoms with E-state index in [4.69, 9.17) is 4.74 Å². The number of nitrogens with zero attached hydrogens (tertiary/aromatic N) is 1. The number of Topliss-reactive ketones (excluding diaryl/α,β-unsaturated/α-hetero) is 1. The third kappa shape index (κ3) is 4.25. The van der Waals surface area contributed by atoms with Gasteiger partial charge in [-0.05, 0) is 57.4 Å². The molecule has 1 aromatic rings. The second kappa shape index (κ2) is 7.79. The summed E-state index contributed by atoms with van der Waals surface area (Å²) in [5.41, 5.74) is 0.632. The number of amides is 1. The van der Waals surface area contributed by atoms with E-state index in [9.17, 15) is 9.59 Å². The van der Waals surface area contributed by atoms with Crippen LogP contribution in [0.1, 0.15) is 72.4 Å². The van der Waals surface area contributed by atoms with Gasteiger partial charge >= 0.3 is 0 Å². The molecule has 1 amide bonds. The molecule has 0 radical (unpaired) electrons. The number of ether oxygens (including phenoxy) is 1. The van der Waals surface area contributed by atoms with Crippen LogP contribution < -0.4 is 0 Å². The summed E-state index contributed by atoms with van der Waals surface area (Å²) in [6.07, 6.45) is 7.47. The first-order valence-corrected chi connectivity index (χ1v) is 9.95. The summed E-state index contributed by atoms with van der Waals surface area (Å²) in [7, 11) is 0. The molecule has 1 aliphatic carbocycles. The van der Waals surface area contributed by atoms with Crippen LogP contribution in [0.25, 0.3) is 0 Å². The molecule has 2 fully saturated rings. The smallest absolute Gasteiger partial charge is 0.263 e. The molecule has 4 nitrogen and oxygen atoms in total. The number of hydrogen-bond acceptors (Lipinski definition) is 4. The molecule has 0 atom stereocenters. The van der Waals surface area contributed by atoms with Crippen LogP contribution in [0.4, 0.5) is 0 Å². The van der Waals surface area contributed by atoms with Crippen LogP contribution in [0.3, 0.4) is 0 Å². The monoisotopic (exact) mass is 349 g/mol. The van der Waals surface area contributed by atoms with E-state index in [0.717, 1.165) is 31.8 Å². The Morgan fingerprint density at radius 3 is 2.29 bits per heavy atom. The second-order valence-electron chi connectivity index (χ2n) is 7.27. The van der Waals surface area contributed by atoms with Crippen molar-refractivity contribution in [1.29, 1.82) is 0 Å². The van der Waals surface area contributed by atoms with E-state index in [1.807, 2.05) is 4.90 Å². The first-order chi connectivity index (χ1) is 11.5. The Morgan fingerprint density at radius 1 is 1.08 bits per heavy atom. The van der Waals surface area contributed by atoms with Crippen LogP contribution in [-0.4, -0.2) is 41.9 Å². The van der Waals surface area contributed by atoms with E-state index in [1.165, 1.54) is 43.9 Å². The zero-order chi connectivity index (χ0) is 17.1. The lowest BCUT2D eigenvalue weighted by atomic mass is 9.88. The predicted octanol–water partition coefficient (Wildman–Crippen LogP) is 4.15. The average molecular weight is 349 g/mol. The summed E-state index contributed by atoms with van der Waals surface area (Å²) in [6, 6.07) is 1.72. The molecule has 0 unspecified atom stereocenters. The number of carbonyl (C=O) groups excluding carboxylic acids is 2. The zero-order valence-corrected chi connectivity index (χ0v) is 15.4. The number of thiophene rings is 1. The Morgan fingerprint density at radius 2 is 1.71 bits per heavy atom. The van der Waals surface area contributed by atoms with E-state index in [-0.39, 0.29) is 11.7 Å². The molecule has 2 aliphatic rings. The lowest BCUT2D eigenvalue weighted by molar-refractivity contribution is -0.0570.